The molecule has 2 atom stereocenters. The van der Waals surface area contributed by atoms with Gasteiger partial charge in [-0.15, -0.1) is 0 Å². The smallest absolute Gasteiger partial charge is 0.226 e. The predicted octanol–water partition coefficient (Wildman–Crippen LogP) is 3.14. The number of carbonyl (C=O) groups is 1. The number of fused-ring (bicyclic) bond motifs is 2. The van der Waals surface area contributed by atoms with Crippen molar-refractivity contribution in [1.82, 2.24) is 4.90 Å². The molecule has 0 spiro atoms. The van der Waals surface area contributed by atoms with Gasteiger partial charge < -0.3 is 10.0 Å². The minimum Gasteiger partial charge on any atom is -0.385 e. The van der Waals surface area contributed by atoms with Crippen LogP contribution in [0.3, 0.4) is 0 Å². The summed E-state index contributed by atoms with van der Waals surface area (Å²) in [5.41, 5.74) is 1.48. The Morgan fingerprint density at radius 1 is 1.09 bits per heavy atom. The Hall–Kier alpha value is -1.35. The highest BCUT2D eigenvalue weighted by atomic mass is 16.3. The van der Waals surface area contributed by atoms with E-state index in [1.165, 1.54) is 12.0 Å². The van der Waals surface area contributed by atoms with Crippen LogP contribution in [0.5, 0.6) is 0 Å². The normalized spacial score (nSPS) is 34.5. The van der Waals surface area contributed by atoms with Crippen LogP contribution in [-0.4, -0.2) is 28.0 Å². The molecular weight excluding hydrogens is 274 g/mol. The van der Waals surface area contributed by atoms with Gasteiger partial charge in [-0.05, 0) is 38.2 Å². The number of benzene rings is 1. The number of piperidine rings is 1. The van der Waals surface area contributed by atoms with Crippen molar-refractivity contribution in [2.75, 3.05) is 0 Å². The van der Waals surface area contributed by atoms with Crippen molar-refractivity contribution in [2.24, 2.45) is 5.92 Å². The molecule has 1 N–H and O–H groups in total. The maximum atomic E-state index is 12.7. The molecule has 4 rings (SSSR count). The molecular formula is C19H25NO2. The maximum Gasteiger partial charge on any atom is 0.226 e. The molecule has 0 aromatic heterocycles. The van der Waals surface area contributed by atoms with Crippen molar-refractivity contribution in [2.45, 2.75) is 69.6 Å². The molecule has 2 aliphatic heterocycles. The second-order valence-corrected chi connectivity index (χ2v) is 7.56. The van der Waals surface area contributed by atoms with Crippen molar-refractivity contribution in [1.29, 1.82) is 0 Å². The quantitative estimate of drug-likeness (QED) is 0.911. The summed E-state index contributed by atoms with van der Waals surface area (Å²) in [6.07, 6.45) is 6.84. The van der Waals surface area contributed by atoms with E-state index < -0.39 is 5.60 Å². The van der Waals surface area contributed by atoms with Crippen molar-refractivity contribution >= 4 is 5.91 Å². The van der Waals surface area contributed by atoms with Gasteiger partial charge in [-0.3, -0.25) is 4.79 Å². The van der Waals surface area contributed by atoms with Crippen molar-refractivity contribution in [3.05, 3.63) is 35.4 Å². The van der Waals surface area contributed by atoms with Crippen LogP contribution in [0.2, 0.25) is 0 Å². The first kappa shape index (κ1) is 14.3. The Morgan fingerprint density at radius 2 is 1.68 bits per heavy atom. The van der Waals surface area contributed by atoms with Crippen LogP contribution in [0.15, 0.2) is 24.3 Å². The van der Waals surface area contributed by atoms with E-state index >= 15 is 0 Å². The SMILES string of the molecule is Cc1ccc(C2(O)C[C@H]3CC[C@H](C2)N3C(=O)C2CCC2)cc1. The molecule has 1 aromatic carbocycles. The molecule has 3 aliphatic rings. The van der Waals surface area contributed by atoms with Gasteiger partial charge in [0.15, 0.2) is 0 Å². The average Bonchev–Trinajstić information content (AvgIpc) is 2.70. The van der Waals surface area contributed by atoms with E-state index in [0.717, 1.165) is 31.2 Å². The first-order valence-corrected chi connectivity index (χ1v) is 8.68. The van der Waals surface area contributed by atoms with E-state index in [2.05, 4.69) is 36.1 Å². The number of aliphatic hydroxyl groups is 1. The van der Waals surface area contributed by atoms with Crippen molar-refractivity contribution in [3.8, 4) is 0 Å². The highest BCUT2D eigenvalue weighted by Crippen LogP contribution is 2.47. The summed E-state index contributed by atoms with van der Waals surface area (Å²) in [4.78, 5) is 14.8. The van der Waals surface area contributed by atoms with Gasteiger partial charge in [0, 0.05) is 30.8 Å². The lowest BCUT2D eigenvalue weighted by Gasteiger charge is -2.46. The third kappa shape index (κ3) is 2.18. The maximum absolute atomic E-state index is 12.7. The van der Waals surface area contributed by atoms with E-state index in [-0.39, 0.29) is 18.0 Å². The number of hydrogen-bond acceptors (Lipinski definition) is 2. The summed E-state index contributed by atoms with van der Waals surface area (Å²) in [5.74, 6) is 0.637. The minimum absolute atomic E-state index is 0.234. The highest BCUT2D eigenvalue weighted by molar-refractivity contribution is 5.80. The molecule has 2 bridgehead atoms. The summed E-state index contributed by atoms with van der Waals surface area (Å²) in [5, 5.41) is 11.2. The standard InChI is InChI=1S/C19H25NO2/c1-13-5-7-15(8-6-13)19(22)11-16-9-10-17(12-19)20(16)18(21)14-3-2-4-14/h5-8,14,16-17,22H,2-4,9-12H2,1H3/t16-,17-/m1/s1. The summed E-state index contributed by atoms with van der Waals surface area (Å²) in [7, 11) is 0. The molecule has 0 radical (unpaired) electrons. The fraction of sp³-hybridized carbons (Fsp3) is 0.632. The zero-order chi connectivity index (χ0) is 15.3. The Morgan fingerprint density at radius 3 is 2.18 bits per heavy atom. The van der Waals surface area contributed by atoms with Gasteiger partial charge in [0.25, 0.3) is 0 Å². The second kappa shape index (κ2) is 5.09. The van der Waals surface area contributed by atoms with Crippen LogP contribution >= 0.6 is 0 Å². The number of carbonyl (C=O) groups excluding carboxylic acids is 1. The number of aryl methyl sites for hydroxylation is 1. The third-order valence-corrected chi connectivity index (χ3v) is 6.06. The average molecular weight is 299 g/mol. The van der Waals surface area contributed by atoms with Crippen LogP contribution in [-0.2, 0) is 10.4 Å². The Labute approximate surface area is 132 Å². The molecule has 1 aliphatic carbocycles. The summed E-state index contributed by atoms with van der Waals surface area (Å²) in [6, 6.07) is 8.72. The molecule has 1 amide bonds. The van der Waals surface area contributed by atoms with E-state index in [0.29, 0.717) is 18.7 Å². The molecule has 3 heteroatoms. The highest BCUT2D eigenvalue weighted by Gasteiger charge is 2.51. The Balaban J connectivity index is 1.56. The number of amides is 1. The number of rotatable bonds is 2. The fourth-order valence-electron chi connectivity index (χ4n) is 4.55. The molecule has 1 aromatic rings. The minimum atomic E-state index is -0.754. The number of hydrogen-bond donors (Lipinski definition) is 1. The van der Waals surface area contributed by atoms with Crippen LogP contribution in [0, 0.1) is 12.8 Å². The van der Waals surface area contributed by atoms with Gasteiger partial charge in [0.1, 0.15) is 0 Å². The second-order valence-electron chi connectivity index (χ2n) is 7.56. The summed E-state index contributed by atoms with van der Waals surface area (Å²) >= 11 is 0. The predicted molar refractivity (Wildman–Crippen MR) is 85.3 cm³/mol. The summed E-state index contributed by atoms with van der Waals surface area (Å²) in [6.45, 7) is 2.07. The lowest BCUT2D eigenvalue weighted by molar-refractivity contribution is -0.149. The molecule has 2 heterocycles. The van der Waals surface area contributed by atoms with Gasteiger partial charge in [-0.2, -0.15) is 0 Å². The fourth-order valence-corrected chi connectivity index (χ4v) is 4.55. The monoisotopic (exact) mass is 299 g/mol. The largest absolute Gasteiger partial charge is 0.385 e. The first-order valence-electron chi connectivity index (χ1n) is 8.68. The topological polar surface area (TPSA) is 40.5 Å². The molecule has 2 saturated heterocycles. The van der Waals surface area contributed by atoms with Gasteiger partial charge in [-0.25, -0.2) is 0 Å². The van der Waals surface area contributed by atoms with Crippen molar-refractivity contribution < 1.29 is 9.90 Å². The first-order chi connectivity index (χ1) is 10.6. The lowest BCUT2D eigenvalue weighted by atomic mass is 9.78. The van der Waals surface area contributed by atoms with Crippen LogP contribution in [0.4, 0.5) is 0 Å². The Bertz CT molecular complexity index is 562. The Kier molecular flexibility index (Phi) is 3.30. The molecule has 0 unspecified atom stereocenters. The van der Waals surface area contributed by atoms with E-state index in [4.69, 9.17) is 0 Å². The summed E-state index contributed by atoms with van der Waals surface area (Å²) < 4.78 is 0. The van der Waals surface area contributed by atoms with Crippen LogP contribution in [0.1, 0.15) is 56.1 Å². The van der Waals surface area contributed by atoms with Crippen molar-refractivity contribution in [3.63, 3.8) is 0 Å². The van der Waals surface area contributed by atoms with Gasteiger partial charge in [0.05, 0.1) is 5.60 Å². The van der Waals surface area contributed by atoms with Crippen LogP contribution < -0.4 is 0 Å². The zero-order valence-electron chi connectivity index (χ0n) is 13.3. The third-order valence-electron chi connectivity index (χ3n) is 6.06. The molecule has 3 fully saturated rings. The zero-order valence-corrected chi connectivity index (χ0v) is 13.3. The van der Waals surface area contributed by atoms with E-state index in [1.54, 1.807) is 0 Å². The molecule has 118 valence electrons. The molecule has 3 nitrogen and oxygen atoms in total. The van der Waals surface area contributed by atoms with E-state index in [1.807, 2.05) is 0 Å². The van der Waals surface area contributed by atoms with Gasteiger partial charge in [0.2, 0.25) is 5.91 Å². The van der Waals surface area contributed by atoms with Gasteiger partial charge >= 0.3 is 0 Å². The van der Waals surface area contributed by atoms with E-state index in [9.17, 15) is 9.90 Å². The number of nitrogens with zero attached hydrogens (tertiary/aromatic N) is 1. The molecule has 1 saturated carbocycles. The molecule has 22 heavy (non-hydrogen) atoms. The van der Waals surface area contributed by atoms with Gasteiger partial charge in [-0.1, -0.05) is 36.2 Å². The lowest BCUT2D eigenvalue weighted by Crippen LogP contribution is -2.54. The van der Waals surface area contributed by atoms with Crippen LogP contribution in [0.25, 0.3) is 0 Å².